The highest BCUT2D eigenvalue weighted by molar-refractivity contribution is 5.99. The van der Waals surface area contributed by atoms with Crippen LogP contribution < -0.4 is 5.73 Å². The molecule has 0 aliphatic carbocycles. The molecule has 0 saturated carbocycles. The summed E-state index contributed by atoms with van der Waals surface area (Å²) >= 11 is 0. The van der Waals surface area contributed by atoms with Crippen LogP contribution in [0.4, 0.5) is 5.69 Å². The van der Waals surface area contributed by atoms with Crippen molar-refractivity contribution >= 4 is 22.5 Å². The number of carbonyl (C=O) groups excluding carboxylic acids is 1. The fourth-order valence-electron chi connectivity index (χ4n) is 3.27. The molecule has 1 amide bonds. The van der Waals surface area contributed by atoms with E-state index >= 15 is 0 Å². The summed E-state index contributed by atoms with van der Waals surface area (Å²) in [4.78, 5) is 19.3. The van der Waals surface area contributed by atoms with Crippen LogP contribution in [0.15, 0.2) is 30.3 Å². The Balaban J connectivity index is 2.01. The van der Waals surface area contributed by atoms with Gasteiger partial charge in [0.1, 0.15) is 5.69 Å². The van der Waals surface area contributed by atoms with Gasteiger partial charge in [0.15, 0.2) is 0 Å². The molecule has 0 bridgehead atoms. The highest BCUT2D eigenvalue weighted by Crippen LogP contribution is 2.26. The summed E-state index contributed by atoms with van der Waals surface area (Å²) in [5.74, 6) is -0.00727. The molecule has 3 rings (SSSR count). The highest BCUT2D eigenvalue weighted by Gasteiger charge is 2.30. The Bertz CT molecular complexity index is 673. The molecule has 110 valence electrons. The van der Waals surface area contributed by atoms with E-state index < -0.39 is 0 Å². The van der Waals surface area contributed by atoms with Crippen LogP contribution in [-0.2, 0) is 0 Å². The third-order valence-electron chi connectivity index (χ3n) is 4.40. The lowest BCUT2D eigenvalue weighted by Gasteiger charge is -2.38. The van der Waals surface area contributed by atoms with Gasteiger partial charge in [-0.1, -0.05) is 18.2 Å². The molecule has 2 N–H and O–H groups in total. The molecule has 4 heteroatoms. The topological polar surface area (TPSA) is 59.2 Å². The summed E-state index contributed by atoms with van der Waals surface area (Å²) in [5, 5.41) is 0.897. The van der Waals surface area contributed by atoms with Gasteiger partial charge in [0.05, 0.1) is 5.52 Å². The van der Waals surface area contributed by atoms with Gasteiger partial charge in [0.25, 0.3) is 5.91 Å². The maximum absolute atomic E-state index is 12.8. The van der Waals surface area contributed by atoms with Crippen LogP contribution in [-0.4, -0.2) is 27.9 Å². The second-order valence-corrected chi connectivity index (χ2v) is 5.96. The van der Waals surface area contributed by atoms with Crippen molar-refractivity contribution in [3.05, 3.63) is 36.0 Å². The number of anilines is 1. The van der Waals surface area contributed by atoms with Gasteiger partial charge >= 0.3 is 0 Å². The molecule has 0 unspecified atom stereocenters. The van der Waals surface area contributed by atoms with E-state index in [1.165, 1.54) is 6.42 Å². The lowest BCUT2D eigenvalue weighted by atomic mass is 9.97. The van der Waals surface area contributed by atoms with E-state index in [1.54, 1.807) is 6.07 Å². The van der Waals surface area contributed by atoms with Gasteiger partial charge in [-0.05, 0) is 45.2 Å². The summed E-state index contributed by atoms with van der Waals surface area (Å²) in [6, 6.07) is 9.89. The number of pyridine rings is 1. The quantitative estimate of drug-likeness (QED) is 0.874. The van der Waals surface area contributed by atoms with Crippen molar-refractivity contribution in [1.29, 1.82) is 0 Å². The first-order valence-corrected chi connectivity index (χ1v) is 7.56. The van der Waals surface area contributed by atoms with E-state index in [1.807, 2.05) is 29.2 Å². The van der Waals surface area contributed by atoms with Gasteiger partial charge in [0, 0.05) is 23.2 Å². The van der Waals surface area contributed by atoms with Crippen LogP contribution in [0.1, 0.15) is 43.6 Å². The van der Waals surface area contributed by atoms with Crippen molar-refractivity contribution in [3.8, 4) is 0 Å². The number of fused-ring (bicyclic) bond motifs is 1. The third-order valence-corrected chi connectivity index (χ3v) is 4.40. The van der Waals surface area contributed by atoms with Crippen molar-refractivity contribution in [2.24, 2.45) is 0 Å². The fourth-order valence-corrected chi connectivity index (χ4v) is 3.27. The van der Waals surface area contributed by atoms with Crippen molar-refractivity contribution < 1.29 is 4.79 Å². The van der Waals surface area contributed by atoms with Gasteiger partial charge in [-0.25, -0.2) is 4.98 Å². The fraction of sp³-hybridized carbons (Fsp3) is 0.412. The van der Waals surface area contributed by atoms with Crippen molar-refractivity contribution in [3.63, 3.8) is 0 Å². The second-order valence-electron chi connectivity index (χ2n) is 5.96. The molecule has 1 aromatic heterocycles. The molecular weight excluding hydrogens is 262 g/mol. The molecule has 2 heterocycles. The molecule has 2 aromatic rings. The number of nitrogens with two attached hydrogens (primary N) is 1. The maximum Gasteiger partial charge on any atom is 0.273 e. The Morgan fingerprint density at radius 3 is 2.62 bits per heavy atom. The Morgan fingerprint density at radius 1 is 1.24 bits per heavy atom. The zero-order chi connectivity index (χ0) is 15.0. The smallest absolute Gasteiger partial charge is 0.273 e. The predicted octanol–water partition coefficient (Wildman–Crippen LogP) is 3.22. The lowest BCUT2D eigenvalue weighted by Crippen LogP contribution is -2.47. The average molecular weight is 283 g/mol. The van der Waals surface area contributed by atoms with Crippen LogP contribution in [0.3, 0.4) is 0 Å². The predicted molar refractivity (Wildman–Crippen MR) is 85.1 cm³/mol. The van der Waals surface area contributed by atoms with Gasteiger partial charge in [-0.15, -0.1) is 0 Å². The van der Waals surface area contributed by atoms with E-state index in [9.17, 15) is 4.79 Å². The van der Waals surface area contributed by atoms with E-state index in [0.29, 0.717) is 11.4 Å². The monoisotopic (exact) mass is 283 g/mol. The first-order chi connectivity index (χ1) is 10.1. The number of amides is 1. The number of rotatable bonds is 1. The van der Waals surface area contributed by atoms with E-state index in [2.05, 4.69) is 18.8 Å². The Hall–Kier alpha value is -2.10. The van der Waals surface area contributed by atoms with Crippen LogP contribution in [0.5, 0.6) is 0 Å². The van der Waals surface area contributed by atoms with Gasteiger partial charge in [-0.3, -0.25) is 4.79 Å². The highest BCUT2D eigenvalue weighted by atomic mass is 16.2. The molecule has 1 aromatic carbocycles. The Kier molecular flexibility index (Phi) is 3.53. The van der Waals surface area contributed by atoms with Crippen LogP contribution >= 0.6 is 0 Å². The third kappa shape index (κ3) is 2.46. The first-order valence-electron chi connectivity index (χ1n) is 7.56. The Labute approximate surface area is 125 Å². The standard InChI is InChI=1S/C17H21N3O/c1-11-6-5-7-12(2)20(11)17(21)16-10-14(18)13-8-3-4-9-15(13)19-16/h3-4,8-12H,5-7H2,1-2H3,(H2,18,19)/t11-,12+. The first kappa shape index (κ1) is 13.9. The SMILES string of the molecule is C[C@@H]1CCC[C@H](C)N1C(=O)c1cc(N)c2ccccc2n1. The average Bonchev–Trinajstić information content (AvgIpc) is 2.47. The molecule has 2 atom stereocenters. The summed E-state index contributed by atoms with van der Waals surface area (Å²) in [7, 11) is 0. The minimum atomic E-state index is -0.00727. The molecule has 1 aliphatic rings. The molecular formula is C17H21N3O. The number of piperidine rings is 1. The second kappa shape index (κ2) is 5.35. The molecule has 0 radical (unpaired) electrons. The summed E-state index contributed by atoms with van der Waals surface area (Å²) in [5.41, 5.74) is 7.92. The number of benzene rings is 1. The minimum Gasteiger partial charge on any atom is -0.398 e. The number of aromatic nitrogens is 1. The lowest BCUT2D eigenvalue weighted by molar-refractivity contribution is 0.0505. The number of likely N-dealkylation sites (tertiary alicyclic amines) is 1. The summed E-state index contributed by atoms with van der Waals surface area (Å²) < 4.78 is 0. The van der Waals surface area contributed by atoms with Crippen molar-refractivity contribution in [2.75, 3.05) is 5.73 Å². The van der Waals surface area contributed by atoms with Gasteiger partial charge in [-0.2, -0.15) is 0 Å². The zero-order valence-corrected chi connectivity index (χ0v) is 12.5. The minimum absolute atomic E-state index is 0.00727. The molecule has 1 saturated heterocycles. The number of para-hydroxylation sites is 1. The van der Waals surface area contributed by atoms with Crippen molar-refractivity contribution in [2.45, 2.75) is 45.2 Å². The number of carbonyl (C=O) groups is 1. The Morgan fingerprint density at radius 2 is 1.90 bits per heavy atom. The number of nitrogens with zero attached hydrogens (tertiary/aromatic N) is 2. The van der Waals surface area contributed by atoms with Gasteiger partial charge in [0.2, 0.25) is 0 Å². The number of nitrogen functional groups attached to an aromatic ring is 1. The van der Waals surface area contributed by atoms with Gasteiger partial charge < -0.3 is 10.6 Å². The number of hydrogen-bond acceptors (Lipinski definition) is 3. The van der Waals surface area contributed by atoms with E-state index in [-0.39, 0.29) is 18.0 Å². The molecule has 1 fully saturated rings. The van der Waals surface area contributed by atoms with Crippen LogP contribution in [0.2, 0.25) is 0 Å². The van der Waals surface area contributed by atoms with E-state index in [0.717, 1.165) is 23.7 Å². The molecule has 0 spiro atoms. The molecule has 21 heavy (non-hydrogen) atoms. The van der Waals surface area contributed by atoms with Crippen LogP contribution in [0.25, 0.3) is 10.9 Å². The van der Waals surface area contributed by atoms with Crippen LogP contribution in [0, 0.1) is 0 Å². The molecule has 4 nitrogen and oxygen atoms in total. The normalized spacial score (nSPS) is 22.5. The maximum atomic E-state index is 12.8. The molecule has 1 aliphatic heterocycles. The zero-order valence-electron chi connectivity index (χ0n) is 12.5. The summed E-state index contributed by atoms with van der Waals surface area (Å²) in [6.07, 6.45) is 3.29. The van der Waals surface area contributed by atoms with Crippen molar-refractivity contribution in [1.82, 2.24) is 9.88 Å². The summed E-state index contributed by atoms with van der Waals surface area (Å²) in [6.45, 7) is 4.22. The number of hydrogen-bond donors (Lipinski definition) is 1. The van der Waals surface area contributed by atoms with E-state index in [4.69, 9.17) is 5.73 Å². The largest absolute Gasteiger partial charge is 0.398 e.